The normalized spacial score (nSPS) is 19.4. The first kappa shape index (κ1) is 33.8. The highest BCUT2D eigenvalue weighted by Crippen LogP contribution is 2.51. The number of ether oxygens (including phenoxy) is 2. The summed E-state index contributed by atoms with van der Waals surface area (Å²) in [6.45, 7) is 15.0. The molecule has 2 aromatic carbocycles. The van der Waals surface area contributed by atoms with E-state index in [2.05, 4.69) is 80.8 Å². The van der Waals surface area contributed by atoms with E-state index >= 15 is 0 Å². The molecule has 1 saturated carbocycles. The van der Waals surface area contributed by atoms with Gasteiger partial charge in [0.05, 0.1) is 6.54 Å². The Morgan fingerprint density at radius 3 is 2.45 bits per heavy atom. The lowest BCUT2D eigenvalue weighted by Crippen LogP contribution is -2.44. The van der Waals surface area contributed by atoms with Crippen LogP contribution in [0.15, 0.2) is 36.4 Å². The SMILES string of the molecule is CC(=O)O.CCCCN(C(=O)CN1CC(c2cc3c(c(C4CC4)c2)OCO3)CC1CC(C)(C)CCC)c1cccc(CC)c1. The number of fused-ring (bicyclic) bond motifs is 1. The van der Waals surface area contributed by atoms with Gasteiger partial charge in [-0.25, -0.2) is 0 Å². The van der Waals surface area contributed by atoms with Crippen LogP contribution in [-0.4, -0.2) is 54.4 Å². The lowest BCUT2D eigenvalue weighted by Gasteiger charge is -2.33. The molecule has 1 amide bonds. The first-order valence-corrected chi connectivity index (χ1v) is 16.8. The van der Waals surface area contributed by atoms with E-state index in [0.29, 0.717) is 31.2 Å². The molecule has 0 spiro atoms. The Morgan fingerprint density at radius 1 is 1.05 bits per heavy atom. The number of rotatable bonds is 13. The van der Waals surface area contributed by atoms with E-state index < -0.39 is 5.97 Å². The predicted octanol–water partition coefficient (Wildman–Crippen LogP) is 8.15. The minimum Gasteiger partial charge on any atom is -0.481 e. The maximum atomic E-state index is 14.0. The number of aryl methyl sites for hydroxylation is 1. The molecule has 242 valence electrons. The summed E-state index contributed by atoms with van der Waals surface area (Å²) < 4.78 is 11.8. The fourth-order valence-electron chi connectivity index (χ4n) is 6.96. The van der Waals surface area contributed by atoms with Gasteiger partial charge in [-0.2, -0.15) is 0 Å². The van der Waals surface area contributed by atoms with E-state index in [1.807, 2.05) is 0 Å². The van der Waals surface area contributed by atoms with Crippen molar-refractivity contribution >= 4 is 17.6 Å². The highest BCUT2D eigenvalue weighted by Gasteiger charge is 2.39. The molecular formula is C37H54N2O5. The van der Waals surface area contributed by atoms with Gasteiger partial charge in [0.15, 0.2) is 11.5 Å². The van der Waals surface area contributed by atoms with Gasteiger partial charge in [0.2, 0.25) is 12.7 Å². The van der Waals surface area contributed by atoms with Gasteiger partial charge in [-0.05, 0) is 91.5 Å². The maximum Gasteiger partial charge on any atom is 0.300 e. The number of hydrogen-bond donors (Lipinski definition) is 1. The number of carboxylic acids is 1. The molecule has 7 nitrogen and oxygen atoms in total. The largest absolute Gasteiger partial charge is 0.481 e. The number of amides is 1. The molecule has 0 radical (unpaired) electrons. The molecule has 2 atom stereocenters. The predicted molar refractivity (Wildman–Crippen MR) is 177 cm³/mol. The van der Waals surface area contributed by atoms with Crippen molar-refractivity contribution in [3.63, 3.8) is 0 Å². The van der Waals surface area contributed by atoms with Crippen molar-refractivity contribution in [2.24, 2.45) is 5.41 Å². The van der Waals surface area contributed by atoms with Crippen LogP contribution in [0.3, 0.4) is 0 Å². The van der Waals surface area contributed by atoms with Gasteiger partial charge in [-0.3, -0.25) is 14.5 Å². The molecule has 2 fully saturated rings. The van der Waals surface area contributed by atoms with Gasteiger partial charge in [-0.15, -0.1) is 0 Å². The van der Waals surface area contributed by atoms with Gasteiger partial charge in [0, 0.05) is 37.3 Å². The van der Waals surface area contributed by atoms with Gasteiger partial charge in [0.1, 0.15) is 0 Å². The Kier molecular flexibility index (Phi) is 11.8. The van der Waals surface area contributed by atoms with Crippen LogP contribution in [0, 0.1) is 5.41 Å². The molecule has 1 saturated heterocycles. The third-order valence-electron chi connectivity index (χ3n) is 9.26. The molecule has 2 aliphatic heterocycles. The lowest BCUT2D eigenvalue weighted by atomic mass is 9.80. The average molecular weight is 607 g/mol. The van der Waals surface area contributed by atoms with Crippen molar-refractivity contribution in [3.05, 3.63) is 53.1 Å². The lowest BCUT2D eigenvalue weighted by molar-refractivity contribution is -0.134. The maximum absolute atomic E-state index is 14.0. The van der Waals surface area contributed by atoms with Crippen LogP contribution in [0.25, 0.3) is 0 Å². The molecule has 7 heteroatoms. The summed E-state index contributed by atoms with van der Waals surface area (Å²) in [4.78, 5) is 27.6. The quantitative estimate of drug-likeness (QED) is 0.248. The molecular weight excluding hydrogens is 552 g/mol. The Balaban J connectivity index is 0.00000104. The Labute approximate surface area is 264 Å². The molecule has 3 aliphatic rings. The van der Waals surface area contributed by atoms with E-state index in [1.54, 1.807) is 0 Å². The summed E-state index contributed by atoms with van der Waals surface area (Å²) in [5.41, 5.74) is 5.27. The van der Waals surface area contributed by atoms with Crippen LogP contribution in [0.5, 0.6) is 11.5 Å². The van der Waals surface area contributed by atoms with Gasteiger partial charge in [0.25, 0.3) is 5.97 Å². The Bertz CT molecular complexity index is 1270. The second-order valence-electron chi connectivity index (χ2n) is 13.7. The van der Waals surface area contributed by atoms with Gasteiger partial charge < -0.3 is 19.5 Å². The smallest absolute Gasteiger partial charge is 0.300 e. The molecule has 2 aromatic rings. The van der Waals surface area contributed by atoms with Crippen LogP contribution < -0.4 is 14.4 Å². The van der Waals surface area contributed by atoms with Gasteiger partial charge >= 0.3 is 0 Å². The molecule has 5 rings (SSSR count). The molecule has 0 bridgehead atoms. The summed E-state index contributed by atoms with van der Waals surface area (Å²) in [6, 6.07) is 13.6. The number of nitrogens with zero attached hydrogens (tertiary/aromatic N) is 2. The Hall–Kier alpha value is -3.06. The summed E-state index contributed by atoms with van der Waals surface area (Å²) in [5, 5.41) is 7.42. The molecule has 1 aliphatic carbocycles. The van der Waals surface area contributed by atoms with E-state index in [1.165, 1.54) is 42.4 Å². The van der Waals surface area contributed by atoms with E-state index in [4.69, 9.17) is 19.4 Å². The number of carbonyl (C=O) groups excluding carboxylic acids is 1. The van der Waals surface area contributed by atoms with Crippen molar-refractivity contribution in [1.82, 2.24) is 4.90 Å². The van der Waals surface area contributed by atoms with Crippen molar-refractivity contribution < 1.29 is 24.2 Å². The topological polar surface area (TPSA) is 79.3 Å². The summed E-state index contributed by atoms with van der Waals surface area (Å²) in [6.07, 6.45) is 10.1. The van der Waals surface area contributed by atoms with Crippen molar-refractivity contribution in [2.45, 2.75) is 117 Å². The number of aliphatic carboxylic acids is 1. The third-order valence-corrected chi connectivity index (χ3v) is 9.26. The van der Waals surface area contributed by atoms with Crippen LogP contribution >= 0.6 is 0 Å². The van der Waals surface area contributed by atoms with Crippen LogP contribution in [0.2, 0.25) is 0 Å². The minimum atomic E-state index is -0.833. The first-order chi connectivity index (χ1) is 21.0. The molecule has 2 unspecified atom stereocenters. The second kappa shape index (κ2) is 15.3. The molecule has 1 N–H and O–H groups in total. The van der Waals surface area contributed by atoms with E-state index in [9.17, 15) is 4.79 Å². The van der Waals surface area contributed by atoms with E-state index in [0.717, 1.165) is 69.3 Å². The third kappa shape index (κ3) is 8.99. The van der Waals surface area contributed by atoms with Crippen molar-refractivity contribution in [1.29, 1.82) is 0 Å². The molecule has 2 heterocycles. The zero-order valence-electron chi connectivity index (χ0n) is 27.9. The van der Waals surface area contributed by atoms with Gasteiger partial charge in [-0.1, -0.05) is 65.7 Å². The molecule has 0 aromatic heterocycles. The van der Waals surface area contributed by atoms with Crippen molar-refractivity contribution in [3.8, 4) is 11.5 Å². The monoisotopic (exact) mass is 606 g/mol. The zero-order chi connectivity index (χ0) is 31.9. The highest BCUT2D eigenvalue weighted by molar-refractivity contribution is 5.95. The standard InChI is InChI=1S/C35H50N2O3.C2H4O2/c1-6-9-16-37(29-12-10-11-25(8-3)17-29)33(38)23-36-22-28(18-30(36)21-35(4,5)15-7-2)27-19-31(26-13-14-26)34-32(20-27)39-24-40-34;1-2(3)4/h10-12,17,19-20,26,28,30H,6-9,13-16,18,21-24H2,1-5H3;1H3,(H,3,4). The summed E-state index contributed by atoms with van der Waals surface area (Å²) in [5.74, 6) is 2.29. The zero-order valence-corrected chi connectivity index (χ0v) is 27.9. The fraction of sp³-hybridized carbons (Fsp3) is 0.622. The number of likely N-dealkylation sites (tertiary alicyclic amines) is 1. The number of benzene rings is 2. The number of carbonyl (C=O) groups is 2. The fourth-order valence-corrected chi connectivity index (χ4v) is 6.96. The average Bonchev–Trinajstić information content (AvgIpc) is 3.59. The van der Waals surface area contributed by atoms with Crippen LogP contribution in [0.1, 0.15) is 121 Å². The molecule has 44 heavy (non-hydrogen) atoms. The second-order valence-corrected chi connectivity index (χ2v) is 13.7. The number of unbranched alkanes of at least 4 members (excludes halogenated alkanes) is 1. The van der Waals surface area contributed by atoms with Crippen LogP contribution in [0.4, 0.5) is 5.69 Å². The highest BCUT2D eigenvalue weighted by atomic mass is 16.7. The van der Waals surface area contributed by atoms with Crippen molar-refractivity contribution in [2.75, 3.05) is 31.3 Å². The number of hydrogen-bond acceptors (Lipinski definition) is 5. The number of carboxylic acid groups (broad SMARTS) is 1. The number of anilines is 1. The first-order valence-electron chi connectivity index (χ1n) is 16.8. The van der Waals surface area contributed by atoms with E-state index in [-0.39, 0.29) is 11.3 Å². The minimum absolute atomic E-state index is 0.227. The summed E-state index contributed by atoms with van der Waals surface area (Å²) in [7, 11) is 0. The summed E-state index contributed by atoms with van der Waals surface area (Å²) >= 11 is 0. The Morgan fingerprint density at radius 2 is 1.80 bits per heavy atom. The van der Waals surface area contributed by atoms with Crippen LogP contribution in [-0.2, 0) is 16.0 Å².